The van der Waals surface area contributed by atoms with Crippen molar-refractivity contribution in [1.82, 2.24) is 4.31 Å². The van der Waals surface area contributed by atoms with Gasteiger partial charge in [-0.25, -0.2) is 12.7 Å². The van der Waals surface area contributed by atoms with Crippen LogP contribution in [-0.2, 0) is 21.2 Å². The highest BCUT2D eigenvalue weighted by atomic mass is 32.2. The lowest BCUT2D eigenvalue weighted by Crippen LogP contribution is -2.23. The monoisotopic (exact) mass is 456 g/mol. The van der Waals surface area contributed by atoms with Crippen LogP contribution < -0.4 is 10.1 Å². The quantitative estimate of drug-likeness (QED) is 0.543. The van der Waals surface area contributed by atoms with E-state index in [9.17, 15) is 13.2 Å². The van der Waals surface area contributed by atoms with E-state index in [1.807, 2.05) is 50.2 Å². The maximum atomic E-state index is 12.6. The molecule has 0 saturated carbocycles. The smallest absolute Gasteiger partial charge is 0.242 e. The Bertz CT molecular complexity index is 1210. The number of rotatable bonds is 8. The molecular formula is C24H28N2O5S. The van der Waals surface area contributed by atoms with Gasteiger partial charge in [0.1, 0.15) is 17.3 Å². The third-order valence-corrected chi connectivity index (χ3v) is 7.12. The van der Waals surface area contributed by atoms with Gasteiger partial charge in [-0.05, 0) is 73.5 Å². The van der Waals surface area contributed by atoms with Crippen LogP contribution in [0.15, 0.2) is 57.8 Å². The number of sulfonamides is 1. The van der Waals surface area contributed by atoms with Gasteiger partial charge >= 0.3 is 0 Å². The van der Waals surface area contributed by atoms with E-state index in [-0.39, 0.29) is 17.2 Å². The molecule has 8 heteroatoms. The maximum Gasteiger partial charge on any atom is 0.242 e. The minimum atomic E-state index is -3.60. The number of aryl methyl sites for hydroxylation is 2. The molecule has 7 nitrogen and oxygen atoms in total. The van der Waals surface area contributed by atoms with E-state index in [1.165, 1.54) is 20.2 Å². The van der Waals surface area contributed by atoms with E-state index in [0.717, 1.165) is 32.5 Å². The summed E-state index contributed by atoms with van der Waals surface area (Å²) in [5.41, 5.74) is 3.04. The Morgan fingerprint density at radius 2 is 1.75 bits per heavy atom. The third kappa shape index (κ3) is 5.20. The number of anilines is 1. The molecule has 3 rings (SSSR count). The van der Waals surface area contributed by atoms with Gasteiger partial charge in [-0.2, -0.15) is 0 Å². The number of hydrogen-bond acceptors (Lipinski definition) is 5. The molecule has 2 aromatic carbocycles. The second kappa shape index (κ2) is 9.58. The Morgan fingerprint density at radius 1 is 1.06 bits per heavy atom. The molecule has 0 bridgehead atoms. The van der Waals surface area contributed by atoms with Crippen molar-refractivity contribution < 1.29 is 22.4 Å². The van der Waals surface area contributed by atoms with Gasteiger partial charge in [-0.1, -0.05) is 0 Å². The van der Waals surface area contributed by atoms with Crippen LogP contribution >= 0.6 is 0 Å². The number of carbonyl (C=O) groups excluding carboxylic acids is 1. The molecule has 0 unspecified atom stereocenters. The maximum absolute atomic E-state index is 12.6. The topological polar surface area (TPSA) is 88.8 Å². The summed E-state index contributed by atoms with van der Waals surface area (Å²) in [5.74, 6) is 1.97. The van der Waals surface area contributed by atoms with E-state index < -0.39 is 10.0 Å². The fourth-order valence-electron chi connectivity index (χ4n) is 3.19. The molecule has 1 aromatic heterocycles. The highest BCUT2D eigenvalue weighted by Gasteiger charge is 2.20. The number of benzene rings is 2. The van der Waals surface area contributed by atoms with E-state index in [4.69, 9.17) is 9.15 Å². The molecule has 32 heavy (non-hydrogen) atoms. The number of amides is 1. The van der Waals surface area contributed by atoms with Gasteiger partial charge in [-0.3, -0.25) is 4.79 Å². The predicted octanol–water partition coefficient (Wildman–Crippen LogP) is 4.39. The summed E-state index contributed by atoms with van der Waals surface area (Å²) in [6.45, 7) is 3.67. The largest absolute Gasteiger partial charge is 0.497 e. The van der Waals surface area contributed by atoms with Gasteiger partial charge in [0, 0.05) is 38.2 Å². The number of carbonyl (C=O) groups is 1. The zero-order valence-corrected chi connectivity index (χ0v) is 19.7. The minimum absolute atomic E-state index is 0.149. The summed E-state index contributed by atoms with van der Waals surface area (Å²) in [6.07, 6.45) is 0.633. The Balaban J connectivity index is 1.68. The molecule has 1 amide bonds. The summed E-state index contributed by atoms with van der Waals surface area (Å²) in [6, 6.07) is 14.4. The van der Waals surface area contributed by atoms with Gasteiger partial charge < -0.3 is 14.5 Å². The molecule has 0 aliphatic heterocycles. The van der Waals surface area contributed by atoms with Crippen LogP contribution in [0.3, 0.4) is 0 Å². The molecule has 0 radical (unpaired) electrons. The molecule has 1 N–H and O–H groups in total. The fraction of sp³-hybridized carbons (Fsp3) is 0.292. The van der Waals surface area contributed by atoms with Crippen LogP contribution in [0.25, 0.3) is 11.3 Å². The lowest BCUT2D eigenvalue weighted by molar-refractivity contribution is -0.116. The summed E-state index contributed by atoms with van der Waals surface area (Å²) < 4.78 is 37.2. The van der Waals surface area contributed by atoms with Gasteiger partial charge in [-0.15, -0.1) is 0 Å². The van der Waals surface area contributed by atoms with Gasteiger partial charge in [0.25, 0.3) is 0 Å². The Hall–Kier alpha value is -3.10. The zero-order valence-electron chi connectivity index (χ0n) is 18.9. The zero-order chi connectivity index (χ0) is 23.5. The third-order valence-electron chi connectivity index (χ3n) is 5.33. The Labute approximate surface area is 189 Å². The van der Waals surface area contributed by atoms with Crippen molar-refractivity contribution in [2.75, 3.05) is 26.5 Å². The molecule has 0 atom stereocenters. The summed E-state index contributed by atoms with van der Waals surface area (Å²) in [4.78, 5) is 12.7. The molecule has 0 aliphatic carbocycles. The highest BCUT2D eigenvalue weighted by molar-refractivity contribution is 7.89. The van der Waals surface area contributed by atoms with Crippen LogP contribution in [-0.4, -0.2) is 39.8 Å². The molecule has 170 valence electrons. The predicted molar refractivity (Wildman–Crippen MR) is 124 cm³/mol. The average Bonchev–Trinajstić information content (AvgIpc) is 3.24. The molecule has 0 saturated heterocycles. The number of nitrogens with one attached hydrogen (secondary N) is 1. The number of furan rings is 1. The first-order valence-electron chi connectivity index (χ1n) is 10.2. The first-order chi connectivity index (χ1) is 15.1. The van der Waals surface area contributed by atoms with Gasteiger partial charge in [0.05, 0.1) is 12.0 Å². The van der Waals surface area contributed by atoms with Crippen molar-refractivity contribution in [1.29, 1.82) is 0 Å². The van der Waals surface area contributed by atoms with Gasteiger partial charge in [0.15, 0.2) is 0 Å². The summed E-state index contributed by atoms with van der Waals surface area (Å²) in [7, 11) is 0.975. The van der Waals surface area contributed by atoms with E-state index >= 15 is 0 Å². The lowest BCUT2D eigenvalue weighted by atomic mass is 10.1. The fourth-order valence-corrected chi connectivity index (χ4v) is 4.20. The first kappa shape index (κ1) is 23.6. The second-order valence-corrected chi connectivity index (χ2v) is 9.89. The highest BCUT2D eigenvalue weighted by Crippen LogP contribution is 2.27. The van der Waals surface area contributed by atoms with Crippen LogP contribution in [0.1, 0.15) is 23.3 Å². The lowest BCUT2D eigenvalue weighted by Gasteiger charge is -2.16. The Kier molecular flexibility index (Phi) is 7.06. The molecule has 0 aliphatic rings. The van der Waals surface area contributed by atoms with Gasteiger partial charge in [0.2, 0.25) is 15.9 Å². The molecule has 0 fully saturated rings. The number of ether oxygens (including phenoxy) is 1. The van der Waals surface area contributed by atoms with Crippen molar-refractivity contribution in [3.63, 3.8) is 0 Å². The number of methoxy groups -OCH3 is 1. The number of hydrogen-bond donors (Lipinski definition) is 1. The molecule has 0 spiro atoms. The van der Waals surface area contributed by atoms with Crippen LogP contribution in [0.5, 0.6) is 5.75 Å². The van der Waals surface area contributed by atoms with Crippen molar-refractivity contribution in [3.8, 4) is 17.1 Å². The first-order valence-corrected chi connectivity index (χ1v) is 11.6. The van der Waals surface area contributed by atoms with E-state index in [0.29, 0.717) is 17.9 Å². The van der Waals surface area contributed by atoms with Crippen molar-refractivity contribution in [3.05, 3.63) is 65.4 Å². The average molecular weight is 457 g/mol. The SMILES string of the molecule is COc1ccc(-c2ccc(CCC(=O)Nc3cc(S(=O)(=O)N(C)C)cc(C)c3C)o2)cc1. The summed E-state index contributed by atoms with van der Waals surface area (Å²) in [5, 5.41) is 2.85. The van der Waals surface area contributed by atoms with Crippen LogP contribution in [0.4, 0.5) is 5.69 Å². The summed E-state index contributed by atoms with van der Waals surface area (Å²) >= 11 is 0. The van der Waals surface area contributed by atoms with Crippen LogP contribution in [0, 0.1) is 13.8 Å². The van der Waals surface area contributed by atoms with Crippen molar-refractivity contribution >= 4 is 21.6 Å². The standard InChI is InChI=1S/C24H28N2O5S/c1-16-14-21(32(28,29)26(3)4)15-22(17(16)2)25-24(27)13-11-20-10-12-23(31-20)18-6-8-19(30-5)9-7-18/h6-10,12,14-15H,11,13H2,1-5H3,(H,25,27). The van der Waals surface area contributed by atoms with Crippen molar-refractivity contribution in [2.24, 2.45) is 0 Å². The second-order valence-electron chi connectivity index (χ2n) is 7.74. The molecule has 1 heterocycles. The van der Waals surface area contributed by atoms with Crippen molar-refractivity contribution in [2.45, 2.75) is 31.6 Å². The number of nitrogens with zero attached hydrogens (tertiary/aromatic N) is 1. The molecular weight excluding hydrogens is 428 g/mol. The molecule has 3 aromatic rings. The normalized spacial score (nSPS) is 11.6. The van der Waals surface area contributed by atoms with E-state index in [2.05, 4.69) is 5.32 Å². The van der Waals surface area contributed by atoms with Crippen LogP contribution in [0.2, 0.25) is 0 Å². The Morgan fingerprint density at radius 3 is 2.38 bits per heavy atom. The minimum Gasteiger partial charge on any atom is -0.497 e. The van der Waals surface area contributed by atoms with E-state index in [1.54, 1.807) is 13.2 Å².